The van der Waals surface area contributed by atoms with Gasteiger partial charge in [-0.1, -0.05) is 11.8 Å². The molecule has 0 aromatic carbocycles. The third-order valence-electron chi connectivity index (χ3n) is 3.63. The molecule has 7 heteroatoms. The number of amides is 2. The summed E-state index contributed by atoms with van der Waals surface area (Å²) in [6, 6.07) is 0.389. The summed E-state index contributed by atoms with van der Waals surface area (Å²) in [6.07, 6.45) is 2.19. The molecular weight excluding hydrogens is 306 g/mol. The highest BCUT2D eigenvalue weighted by Gasteiger charge is 2.36. The molecule has 2 amide bonds. The molecule has 0 aromatic rings. The van der Waals surface area contributed by atoms with Crippen LogP contribution in [0.5, 0.6) is 0 Å². The van der Waals surface area contributed by atoms with E-state index < -0.39 is 0 Å². The second-order valence-electron chi connectivity index (χ2n) is 5.43. The monoisotopic (exact) mass is 323 g/mol. The molecule has 0 radical (unpaired) electrons. The summed E-state index contributed by atoms with van der Waals surface area (Å²) in [5, 5.41) is 3.77. The van der Waals surface area contributed by atoms with E-state index in [9.17, 15) is 9.59 Å². The lowest BCUT2D eigenvalue weighted by atomic mass is 10.0. The summed E-state index contributed by atoms with van der Waals surface area (Å²) in [7, 11) is 0. The van der Waals surface area contributed by atoms with E-state index in [1.807, 2.05) is 13.8 Å². The van der Waals surface area contributed by atoms with Crippen LogP contribution in [0, 0.1) is 5.92 Å². The van der Waals surface area contributed by atoms with E-state index in [0.29, 0.717) is 23.4 Å². The van der Waals surface area contributed by atoms with E-state index in [-0.39, 0.29) is 17.7 Å². The van der Waals surface area contributed by atoms with Gasteiger partial charge in [-0.15, -0.1) is 11.8 Å². The second kappa shape index (κ2) is 5.96. The summed E-state index contributed by atoms with van der Waals surface area (Å²) < 4.78 is 0. The highest BCUT2D eigenvalue weighted by Crippen LogP contribution is 2.40. The standard InChI is InChI=1S/C14H17N3O2S2/c1-7-8(2)21-14-12(7)13(19)16-10(17-14)5-20-6-11(18)15-9-3-4-9/h9,12H,3-6H2,1-2H3,(H,15,18). The minimum absolute atomic E-state index is 0.0550. The number of allylic oxidation sites excluding steroid dienone is 1. The molecule has 0 bridgehead atoms. The maximum absolute atomic E-state index is 12.1. The third-order valence-corrected chi connectivity index (χ3v) is 5.72. The summed E-state index contributed by atoms with van der Waals surface area (Å²) in [5.41, 5.74) is 1.06. The average molecular weight is 323 g/mol. The van der Waals surface area contributed by atoms with Crippen molar-refractivity contribution >= 4 is 46.2 Å². The lowest BCUT2D eigenvalue weighted by molar-refractivity contribution is -0.119. The van der Waals surface area contributed by atoms with Crippen LogP contribution in [0.3, 0.4) is 0 Å². The Hall–Kier alpha value is -1.08. The van der Waals surface area contributed by atoms with Gasteiger partial charge in [-0.25, -0.2) is 4.99 Å². The van der Waals surface area contributed by atoms with E-state index >= 15 is 0 Å². The van der Waals surface area contributed by atoms with Crippen LogP contribution in [0.25, 0.3) is 0 Å². The molecule has 2 heterocycles. The van der Waals surface area contributed by atoms with Crippen molar-refractivity contribution in [2.75, 3.05) is 11.5 Å². The molecule has 1 saturated carbocycles. The predicted octanol–water partition coefficient (Wildman–Crippen LogP) is 1.99. The van der Waals surface area contributed by atoms with Gasteiger partial charge in [-0.2, -0.15) is 4.99 Å². The molecule has 3 aliphatic rings. The molecule has 1 atom stereocenters. The zero-order valence-corrected chi connectivity index (χ0v) is 13.6. The summed E-state index contributed by atoms with van der Waals surface area (Å²) in [6.45, 7) is 3.97. The molecule has 21 heavy (non-hydrogen) atoms. The molecule has 5 nitrogen and oxygen atoms in total. The number of fused-ring (bicyclic) bond motifs is 1. The third kappa shape index (κ3) is 3.40. The van der Waals surface area contributed by atoms with Gasteiger partial charge in [-0.3, -0.25) is 9.59 Å². The number of nitrogens with one attached hydrogen (secondary N) is 1. The fraction of sp³-hybridized carbons (Fsp3) is 0.571. The van der Waals surface area contributed by atoms with Gasteiger partial charge in [0.25, 0.3) is 5.91 Å². The van der Waals surface area contributed by atoms with Crippen molar-refractivity contribution in [1.29, 1.82) is 0 Å². The van der Waals surface area contributed by atoms with Gasteiger partial charge in [-0.05, 0) is 37.2 Å². The van der Waals surface area contributed by atoms with Gasteiger partial charge in [0.05, 0.1) is 16.5 Å². The largest absolute Gasteiger partial charge is 0.353 e. The van der Waals surface area contributed by atoms with Gasteiger partial charge >= 0.3 is 0 Å². The number of hydrogen-bond donors (Lipinski definition) is 1. The first-order valence-electron chi connectivity index (χ1n) is 6.97. The molecule has 1 fully saturated rings. The average Bonchev–Trinajstić information content (AvgIpc) is 3.16. The molecule has 0 saturated heterocycles. The van der Waals surface area contributed by atoms with Crippen LogP contribution in [0.2, 0.25) is 0 Å². The van der Waals surface area contributed by atoms with E-state index in [1.165, 1.54) is 11.8 Å². The fourth-order valence-electron chi connectivity index (χ4n) is 2.20. The Morgan fingerprint density at radius 3 is 2.86 bits per heavy atom. The molecular formula is C14H17N3O2S2. The van der Waals surface area contributed by atoms with E-state index in [0.717, 1.165) is 28.4 Å². The number of hydrogen-bond acceptors (Lipinski definition) is 5. The lowest BCUT2D eigenvalue weighted by Gasteiger charge is -2.14. The Morgan fingerprint density at radius 1 is 1.38 bits per heavy atom. The minimum atomic E-state index is -0.262. The zero-order chi connectivity index (χ0) is 15.0. The maximum Gasteiger partial charge on any atom is 0.261 e. The Bertz CT molecular complexity index is 591. The first kappa shape index (κ1) is 14.8. The molecule has 1 N–H and O–H groups in total. The first-order chi connectivity index (χ1) is 10.0. The number of thioether (sulfide) groups is 2. The summed E-state index contributed by atoms with van der Waals surface area (Å²) in [5.74, 6) is 1.09. The predicted molar refractivity (Wildman–Crippen MR) is 87.8 cm³/mol. The smallest absolute Gasteiger partial charge is 0.261 e. The Labute approximate surface area is 132 Å². The zero-order valence-electron chi connectivity index (χ0n) is 12.0. The van der Waals surface area contributed by atoms with Gasteiger partial charge < -0.3 is 5.32 Å². The van der Waals surface area contributed by atoms with Crippen molar-refractivity contribution in [1.82, 2.24) is 5.32 Å². The molecule has 3 rings (SSSR count). The number of amidine groups is 1. The molecule has 0 aromatic heterocycles. The van der Waals surface area contributed by atoms with E-state index in [2.05, 4.69) is 15.3 Å². The maximum atomic E-state index is 12.1. The molecule has 2 aliphatic heterocycles. The Morgan fingerprint density at radius 2 is 2.14 bits per heavy atom. The van der Waals surface area contributed by atoms with Crippen LogP contribution < -0.4 is 5.32 Å². The topological polar surface area (TPSA) is 70.9 Å². The van der Waals surface area contributed by atoms with Crippen molar-refractivity contribution in [3.63, 3.8) is 0 Å². The number of carbonyl (C=O) groups excluding carboxylic acids is 2. The van der Waals surface area contributed by atoms with E-state index in [1.54, 1.807) is 11.8 Å². The second-order valence-corrected chi connectivity index (χ2v) is 7.65. The van der Waals surface area contributed by atoms with Gasteiger partial charge in [0.15, 0.2) is 0 Å². The van der Waals surface area contributed by atoms with Gasteiger partial charge in [0, 0.05) is 6.04 Å². The normalized spacial score (nSPS) is 24.7. The Kier molecular flexibility index (Phi) is 4.21. The van der Waals surface area contributed by atoms with Crippen molar-refractivity contribution in [2.24, 2.45) is 15.9 Å². The summed E-state index contributed by atoms with van der Waals surface area (Å²) >= 11 is 3.01. The van der Waals surface area contributed by atoms with Crippen LogP contribution in [-0.4, -0.2) is 40.2 Å². The van der Waals surface area contributed by atoms with Crippen LogP contribution in [0.4, 0.5) is 0 Å². The molecule has 0 spiro atoms. The number of rotatable bonds is 5. The van der Waals surface area contributed by atoms with Gasteiger partial charge in [0.2, 0.25) is 5.91 Å². The summed E-state index contributed by atoms with van der Waals surface area (Å²) in [4.78, 5) is 33.4. The minimum Gasteiger partial charge on any atom is -0.353 e. The van der Waals surface area contributed by atoms with Gasteiger partial charge in [0.1, 0.15) is 11.8 Å². The number of aliphatic imine (C=N–C) groups is 2. The van der Waals surface area contributed by atoms with Crippen LogP contribution >= 0.6 is 23.5 Å². The van der Waals surface area contributed by atoms with Crippen LogP contribution in [0.1, 0.15) is 26.7 Å². The van der Waals surface area contributed by atoms with Crippen LogP contribution in [-0.2, 0) is 9.59 Å². The van der Waals surface area contributed by atoms with Crippen molar-refractivity contribution in [3.05, 3.63) is 10.5 Å². The fourth-order valence-corrected chi connectivity index (χ4v) is 4.02. The van der Waals surface area contributed by atoms with Crippen molar-refractivity contribution in [3.8, 4) is 0 Å². The van der Waals surface area contributed by atoms with Crippen LogP contribution in [0.15, 0.2) is 20.5 Å². The van der Waals surface area contributed by atoms with Crippen molar-refractivity contribution < 1.29 is 9.59 Å². The molecule has 1 unspecified atom stereocenters. The highest BCUT2D eigenvalue weighted by atomic mass is 32.2. The quantitative estimate of drug-likeness (QED) is 0.840. The number of carbonyl (C=O) groups is 2. The number of nitrogens with zero attached hydrogens (tertiary/aromatic N) is 2. The van der Waals surface area contributed by atoms with Crippen molar-refractivity contribution in [2.45, 2.75) is 32.7 Å². The molecule has 1 aliphatic carbocycles. The highest BCUT2D eigenvalue weighted by molar-refractivity contribution is 8.17. The first-order valence-corrected chi connectivity index (χ1v) is 8.94. The SMILES string of the molecule is CC1=C(C)C2C(=O)N=C(CSCC(=O)NC3CC3)N=C2S1. The lowest BCUT2D eigenvalue weighted by Crippen LogP contribution is -2.28. The van der Waals surface area contributed by atoms with E-state index in [4.69, 9.17) is 0 Å². The molecule has 112 valence electrons. The Balaban J connectivity index is 1.53.